The topological polar surface area (TPSA) is 81.1 Å². The number of sulfone groups is 1. The number of aryl methyl sites for hydroxylation is 1. The average molecular weight is 392 g/mol. The Morgan fingerprint density at radius 1 is 1.15 bits per heavy atom. The molecular formula is C20H29N3O3S. The van der Waals surface area contributed by atoms with Crippen molar-refractivity contribution >= 4 is 15.7 Å². The lowest BCUT2D eigenvalue weighted by atomic mass is 10.1. The zero-order valence-corrected chi connectivity index (χ0v) is 17.7. The van der Waals surface area contributed by atoms with E-state index in [2.05, 4.69) is 24.3 Å². The van der Waals surface area contributed by atoms with Gasteiger partial charge in [-0.1, -0.05) is 26.0 Å². The summed E-state index contributed by atoms with van der Waals surface area (Å²) in [5.41, 5.74) is 3.74. The summed E-state index contributed by atoms with van der Waals surface area (Å²) in [7, 11) is -3.22. The fourth-order valence-electron chi connectivity index (χ4n) is 3.05. The Balaban J connectivity index is 2.06. The number of rotatable bonds is 7. The minimum atomic E-state index is -3.22. The number of amides is 1. The van der Waals surface area contributed by atoms with Gasteiger partial charge in [0.25, 0.3) is 0 Å². The molecule has 148 valence electrons. The molecule has 0 aliphatic carbocycles. The Hall–Kier alpha value is -2.15. The maximum atomic E-state index is 12.5. The summed E-state index contributed by atoms with van der Waals surface area (Å²) in [4.78, 5) is 12.8. The first kappa shape index (κ1) is 21.2. The first-order chi connectivity index (χ1) is 12.5. The van der Waals surface area contributed by atoms with E-state index in [-0.39, 0.29) is 23.3 Å². The van der Waals surface area contributed by atoms with Crippen LogP contribution in [0.4, 0.5) is 0 Å². The van der Waals surface area contributed by atoms with Gasteiger partial charge in [0.05, 0.1) is 23.1 Å². The van der Waals surface area contributed by atoms with Crippen molar-refractivity contribution in [2.45, 2.75) is 58.5 Å². The molecule has 6 nitrogen and oxygen atoms in total. The van der Waals surface area contributed by atoms with Crippen LogP contribution < -0.4 is 5.32 Å². The maximum Gasteiger partial charge on any atom is 0.225 e. The van der Waals surface area contributed by atoms with Gasteiger partial charge in [-0.2, -0.15) is 5.10 Å². The van der Waals surface area contributed by atoms with Gasteiger partial charge in [-0.05, 0) is 44.4 Å². The molecule has 0 aliphatic heterocycles. The second kappa shape index (κ2) is 8.25. The summed E-state index contributed by atoms with van der Waals surface area (Å²) in [5, 5.41) is 7.54. The van der Waals surface area contributed by atoms with Gasteiger partial charge in [-0.3, -0.25) is 9.48 Å². The fourth-order valence-corrected chi connectivity index (χ4v) is 3.68. The zero-order valence-electron chi connectivity index (χ0n) is 16.9. The van der Waals surface area contributed by atoms with Gasteiger partial charge in [-0.25, -0.2) is 8.42 Å². The van der Waals surface area contributed by atoms with Crippen LogP contribution in [0.25, 0.3) is 0 Å². The van der Waals surface area contributed by atoms with Crippen LogP contribution in [-0.4, -0.2) is 30.4 Å². The highest BCUT2D eigenvalue weighted by Crippen LogP contribution is 2.18. The lowest BCUT2D eigenvalue weighted by Crippen LogP contribution is -2.28. The molecule has 0 fully saturated rings. The zero-order chi connectivity index (χ0) is 20.4. The van der Waals surface area contributed by atoms with Crippen LogP contribution in [0.1, 0.15) is 49.3 Å². The molecule has 2 rings (SSSR count). The van der Waals surface area contributed by atoms with Gasteiger partial charge in [0, 0.05) is 24.1 Å². The minimum absolute atomic E-state index is 0.0787. The van der Waals surface area contributed by atoms with Gasteiger partial charge in [-0.15, -0.1) is 0 Å². The van der Waals surface area contributed by atoms with Crippen molar-refractivity contribution in [3.63, 3.8) is 0 Å². The average Bonchev–Trinajstić information content (AvgIpc) is 2.81. The number of benzene rings is 1. The molecule has 1 aromatic heterocycles. The summed E-state index contributed by atoms with van der Waals surface area (Å²) >= 11 is 0. The van der Waals surface area contributed by atoms with E-state index < -0.39 is 9.84 Å². The number of hydrogen-bond donors (Lipinski definition) is 1. The highest BCUT2D eigenvalue weighted by atomic mass is 32.2. The van der Waals surface area contributed by atoms with Crippen molar-refractivity contribution in [2.75, 3.05) is 6.26 Å². The van der Waals surface area contributed by atoms with E-state index in [0.717, 1.165) is 29.1 Å². The molecule has 0 spiro atoms. The van der Waals surface area contributed by atoms with E-state index in [1.165, 1.54) is 6.26 Å². The van der Waals surface area contributed by atoms with Crippen molar-refractivity contribution in [3.8, 4) is 0 Å². The summed E-state index contributed by atoms with van der Waals surface area (Å²) in [6.07, 6.45) is 1.46. The smallest absolute Gasteiger partial charge is 0.225 e. The molecule has 2 aromatic rings. The summed E-state index contributed by atoms with van der Waals surface area (Å²) in [6.45, 7) is 10.9. The van der Waals surface area contributed by atoms with Crippen LogP contribution in [0.5, 0.6) is 0 Å². The first-order valence-electron chi connectivity index (χ1n) is 9.11. The van der Waals surface area contributed by atoms with E-state index in [1.807, 2.05) is 25.5 Å². The number of nitrogens with zero attached hydrogens (tertiary/aromatic N) is 2. The third-order valence-corrected chi connectivity index (χ3v) is 5.72. The van der Waals surface area contributed by atoms with Gasteiger partial charge < -0.3 is 5.32 Å². The standard InChI is InChI=1S/C20H29N3O3S/c1-13(2)12-23-16(5)19(15(4)22-23)11-20(24)21-14(3)17-7-9-18(10-8-17)27(6,25)26/h7-10,13-14H,11-12H2,1-6H3,(H,21,24)/t14-/m1/s1. The molecular weight excluding hydrogens is 362 g/mol. The SMILES string of the molecule is Cc1nn(CC(C)C)c(C)c1CC(=O)N[C@H](C)c1ccc(S(C)(=O)=O)cc1. The predicted octanol–water partition coefficient (Wildman–Crippen LogP) is 2.98. The highest BCUT2D eigenvalue weighted by Gasteiger charge is 2.17. The van der Waals surface area contributed by atoms with Gasteiger partial charge in [0.1, 0.15) is 0 Å². The molecule has 0 bridgehead atoms. The molecule has 0 saturated heterocycles. The van der Waals surface area contributed by atoms with Crippen LogP contribution in [0.15, 0.2) is 29.2 Å². The third-order valence-electron chi connectivity index (χ3n) is 4.59. The lowest BCUT2D eigenvalue weighted by Gasteiger charge is -2.15. The molecule has 0 unspecified atom stereocenters. The van der Waals surface area contributed by atoms with Gasteiger partial charge in [0.2, 0.25) is 5.91 Å². The number of hydrogen-bond acceptors (Lipinski definition) is 4. The normalized spacial score (nSPS) is 13.0. The number of carbonyl (C=O) groups is 1. The summed E-state index contributed by atoms with van der Waals surface area (Å²) in [5.74, 6) is 0.407. The fraction of sp³-hybridized carbons (Fsp3) is 0.500. The van der Waals surface area contributed by atoms with Crippen molar-refractivity contribution < 1.29 is 13.2 Å². The van der Waals surface area contributed by atoms with Crippen LogP contribution in [-0.2, 0) is 27.6 Å². The molecule has 1 aromatic carbocycles. The van der Waals surface area contributed by atoms with Crippen LogP contribution in [0.2, 0.25) is 0 Å². The monoisotopic (exact) mass is 391 g/mol. The predicted molar refractivity (Wildman–Crippen MR) is 106 cm³/mol. The summed E-state index contributed by atoms with van der Waals surface area (Å²) in [6, 6.07) is 6.39. The largest absolute Gasteiger partial charge is 0.349 e. The Labute approximate surface area is 161 Å². The van der Waals surface area contributed by atoms with Crippen LogP contribution in [0, 0.1) is 19.8 Å². The molecule has 0 saturated carbocycles. The van der Waals surface area contributed by atoms with E-state index in [4.69, 9.17) is 0 Å². The first-order valence-corrected chi connectivity index (χ1v) is 11.0. The second-order valence-electron chi connectivity index (χ2n) is 7.53. The van der Waals surface area contributed by atoms with E-state index in [9.17, 15) is 13.2 Å². The van der Waals surface area contributed by atoms with E-state index in [1.54, 1.807) is 24.3 Å². The molecule has 1 heterocycles. The number of aromatic nitrogens is 2. The molecule has 27 heavy (non-hydrogen) atoms. The van der Waals surface area contributed by atoms with Crippen molar-refractivity contribution in [2.24, 2.45) is 5.92 Å². The van der Waals surface area contributed by atoms with Gasteiger partial charge >= 0.3 is 0 Å². The quantitative estimate of drug-likeness (QED) is 0.787. The Morgan fingerprint density at radius 3 is 2.26 bits per heavy atom. The van der Waals surface area contributed by atoms with E-state index in [0.29, 0.717) is 5.92 Å². The summed E-state index contributed by atoms with van der Waals surface area (Å²) < 4.78 is 25.1. The Morgan fingerprint density at radius 2 is 1.74 bits per heavy atom. The molecule has 7 heteroatoms. The molecule has 0 radical (unpaired) electrons. The number of carbonyl (C=O) groups excluding carboxylic acids is 1. The number of nitrogens with one attached hydrogen (secondary N) is 1. The second-order valence-corrected chi connectivity index (χ2v) is 9.55. The van der Waals surface area contributed by atoms with Crippen LogP contribution >= 0.6 is 0 Å². The molecule has 1 atom stereocenters. The van der Waals surface area contributed by atoms with Crippen molar-refractivity contribution in [1.82, 2.24) is 15.1 Å². The van der Waals surface area contributed by atoms with E-state index >= 15 is 0 Å². The van der Waals surface area contributed by atoms with Crippen molar-refractivity contribution in [3.05, 3.63) is 46.8 Å². The van der Waals surface area contributed by atoms with Gasteiger partial charge in [0.15, 0.2) is 9.84 Å². The third kappa shape index (κ3) is 5.42. The molecule has 1 N–H and O–H groups in total. The lowest BCUT2D eigenvalue weighted by molar-refractivity contribution is -0.121. The van der Waals surface area contributed by atoms with Crippen LogP contribution in [0.3, 0.4) is 0 Å². The Bertz CT molecular complexity index is 913. The minimum Gasteiger partial charge on any atom is -0.349 e. The van der Waals surface area contributed by atoms with Crippen molar-refractivity contribution in [1.29, 1.82) is 0 Å². The highest BCUT2D eigenvalue weighted by molar-refractivity contribution is 7.90. The molecule has 1 amide bonds. The maximum absolute atomic E-state index is 12.5. The Kier molecular flexibility index (Phi) is 6.46. The molecule has 0 aliphatic rings.